The molecule has 26 heteroatoms. The molecule has 0 bridgehead atoms. The molecule has 3 N–H and O–H groups in total. The van der Waals surface area contributed by atoms with Gasteiger partial charge in [0, 0.05) is 198 Å². The van der Waals surface area contributed by atoms with Crippen LogP contribution in [-0.4, -0.2) is 252 Å². The molecule has 1 aromatic heterocycles. The number of carbonyl (C=O) groups excluding carboxylic acids is 4. The Bertz CT molecular complexity index is 4340. The minimum absolute atomic E-state index is 0.00556. The number of benzene rings is 7. The summed E-state index contributed by atoms with van der Waals surface area (Å²) in [4.78, 5) is 101. The van der Waals surface area contributed by atoms with E-state index in [9.17, 15) is 38.0 Å². The Morgan fingerprint density at radius 2 is 0.761 bits per heavy atom. The van der Waals surface area contributed by atoms with Crippen LogP contribution in [0.3, 0.4) is 0 Å². The number of hydrogen-bond acceptors (Lipinski definition) is 22. The van der Waals surface area contributed by atoms with E-state index in [2.05, 4.69) is 80.6 Å². The van der Waals surface area contributed by atoms with Crippen LogP contribution in [0, 0.1) is 5.82 Å². The molecular weight excluding hydrogens is 1490 g/mol. The SMILES string of the molecule is CC(=O)CCC(=O)c1ccc(OCCN2CCN(c3ccccn3)CC2)cc1.COc1cccc(N2CCN(CCOc3ccc(C(=O)CCC(=O)O)cc3)CC2)c1.COc1ccccc1N1CCN(CCOc2ccc(CCCCC(=O)O)cc2)CC1.O=C(O)CCC(=O)c1ccc(OCCN2CCN(c3ccccc3F)CC2)cc1. The molecule has 25 nitrogen and oxygen atoms in total. The number of pyridine rings is 1. The normalized spacial score (nSPS) is 14.5. The molecule has 7 aromatic carbocycles. The Labute approximate surface area is 686 Å². The van der Waals surface area contributed by atoms with E-state index in [0.29, 0.717) is 66.7 Å². The van der Waals surface area contributed by atoms with Gasteiger partial charge in [-0.25, -0.2) is 9.37 Å². The number of aliphatic carboxylic acids is 3. The van der Waals surface area contributed by atoms with Crippen molar-refractivity contribution in [2.75, 3.05) is 191 Å². The summed E-state index contributed by atoms with van der Waals surface area (Å²) >= 11 is 0. The number of carbonyl (C=O) groups is 7. The fraction of sp³-hybridized carbons (Fsp3) is 0.407. The largest absolute Gasteiger partial charge is 0.497 e. The van der Waals surface area contributed by atoms with E-state index in [4.69, 9.17) is 43.7 Å². The Morgan fingerprint density at radius 1 is 0.368 bits per heavy atom. The van der Waals surface area contributed by atoms with Crippen molar-refractivity contribution in [2.45, 2.75) is 71.1 Å². The number of nitrogens with zero attached hydrogens (tertiary/aromatic N) is 9. The fourth-order valence-corrected chi connectivity index (χ4v) is 13.7. The summed E-state index contributed by atoms with van der Waals surface area (Å²) < 4.78 is 48.0. The topological polar surface area (TPSA) is 274 Å². The van der Waals surface area contributed by atoms with Crippen molar-refractivity contribution in [1.82, 2.24) is 24.6 Å². The first-order valence-electron chi connectivity index (χ1n) is 40.3. The van der Waals surface area contributed by atoms with Crippen LogP contribution in [0.5, 0.6) is 34.5 Å². The molecule has 624 valence electrons. The van der Waals surface area contributed by atoms with Gasteiger partial charge in [0.2, 0.25) is 0 Å². The highest BCUT2D eigenvalue weighted by Gasteiger charge is 2.24. The number of para-hydroxylation sites is 3. The van der Waals surface area contributed by atoms with Crippen molar-refractivity contribution in [3.05, 3.63) is 222 Å². The first kappa shape index (κ1) is 89.5. The van der Waals surface area contributed by atoms with Gasteiger partial charge >= 0.3 is 17.9 Å². The maximum absolute atomic E-state index is 13.9. The number of aryl methyl sites for hydroxylation is 1. The Hall–Kier alpha value is -11.5. The molecule has 12 rings (SSSR count). The first-order valence-corrected chi connectivity index (χ1v) is 40.3. The third-order valence-corrected chi connectivity index (χ3v) is 20.6. The first-order chi connectivity index (χ1) is 56.8. The zero-order valence-electron chi connectivity index (χ0n) is 67.6. The summed E-state index contributed by atoms with van der Waals surface area (Å²) in [5.74, 6) is 2.69. The van der Waals surface area contributed by atoms with Crippen LogP contribution in [0.2, 0.25) is 0 Å². The van der Waals surface area contributed by atoms with Gasteiger partial charge in [-0.1, -0.05) is 48.5 Å². The maximum Gasteiger partial charge on any atom is 0.303 e. The number of carboxylic acid groups (broad SMARTS) is 3. The second kappa shape index (κ2) is 48.8. The molecule has 0 saturated carbocycles. The highest BCUT2D eigenvalue weighted by molar-refractivity contribution is 5.99. The van der Waals surface area contributed by atoms with Crippen molar-refractivity contribution >= 4 is 63.9 Å². The molecule has 117 heavy (non-hydrogen) atoms. The van der Waals surface area contributed by atoms with E-state index >= 15 is 0 Å². The molecule has 0 spiro atoms. The molecule has 0 radical (unpaired) electrons. The number of ether oxygens (including phenoxy) is 6. The summed E-state index contributed by atoms with van der Waals surface area (Å²) in [5.41, 5.74) is 5.85. The molecule has 4 aliphatic heterocycles. The zero-order chi connectivity index (χ0) is 82.9. The summed E-state index contributed by atoms with van der Waals surface area (Å²) in [6.45, 7) is 22.3. The summed E-state index contributed by atoms with van der Waals surface area (Å²) in [5, 5.41) is 26.0. The van der Waals surface area contributed by atoms with Crippen molar-refractivity contribution in [2.24, 2.45) is 0 Å². The number of rotatable bonds is 39. The highest BCUT2D eigenvalue weighted by atomic mass is 19.1. The van der Waals surface area contributed by atoms with Crippen molar-refractivity contribution in [1.29, 1.82) is 0 Å². The van der Waals surface area contributed by atoms with Crippen LogP contribution in [0.15, 0.2) is 194 Å². The average Bonchev–Trinajstić information content (AvgIpc) is 0.894. The van der Waals surface area contributed by atoms with Crippen LogP contribution in [0.4, 0.5) is 27.3 Å². The molecule has 5 heterocycles. The molecule has 0 amide bonds. The lowest BCUT2D eigenvalue weighted by Gasteiger charge is -2.36. The number of halogens is 1. The second-order valence-electron chi connectivity index (χ2n) is 28.8. The third-order valence-electron chi connectivity index (χ3n) is 20.6. The summed E-state index contributed by atoms with van der Waals surface area (Å²) in [6, 6.07) is 58.2. The molecule has 0 aliphatic carbocycles. The average molecular weight is 1610 g/mol. The molecule has 4 fully saturated rings. The van der Waals surface area contributed by atoms with E-state index in [-0.39, 0.29) is 67.5 Å². The molecule has 0 unspecified atom stereocenters. The van der Waals surface area contributed by atoms with Gasteiger partial charge in [-0.05, 0) is 165 Å². The molecular formula is C91H112FN9O16. The van der Waals surface area contributed by atoms with Gasteiger partial charge < -0.3 is 68.1 Å². The van der Waals surface area contributed by atoms with E-state index in [1.54, 1.807) is 80.9 Å². The number of Topliss-reactive ketones (excluding diaryl/α,β-unsaturated/α-hetero) is 4. The van der Waals surface area contributed by atoms with Gasteiger partial charge in [-0.15, -0.1) is 0 Å². The van der Waals surface area contributed by atoms with E-state index < -0.39 is 17.9 Å². The molecule has 4 saturated heterocycles. The van der Waals surface area contributed by atoms with Crippen LogP contribution >= 0.6 is 0 Å². The standard InChI is InChI=1S/C24H32N2O4.C23H28N2O5.C22H25FN2O4.C22H27N3O3/c1-29-23-8-4-3-7-22(23)26-16-14-25(15-17-26)18-19-30-21-12-10-20(11-13-21)6-2-5-9-24(27)28;1-29-21-4-2-3-19(17-21)25-13-11-24(12-14-25)15-16-30-20-7-5-18(6-8-20)22(26)9-10-23(27)28;23-19-3-1-2-4-20(19)25-13-11-24(12-14-25)15-16-29-18-7-5-17(6-8-18)21(26)9-10-22(27)28;1-18(26)5-10-21(27)19-6-8-20(9-7-19)28-17-16-24-12-14-25(15-13-24)22-4-2-3-11-23-22/h3-4,7-8,10-13H,2,5-6,9,14-19H2,1H3,(H,27,28);2-8,17H,9-16H2,1H3,(H,27,28);1-8H,9-16H2,(H,27,28);2-4,6-9,11H,5,10,12-17H2,1H3. The number of anilines is 4. The van der Waals surface area contributed by atoms with Gasteiger partial charge in [-0.3, -0.25) is 48.4 Å². The summed E-state index contributed by atoms with van der Waals surface area (Å²) in [7, 11) is 3.40. The molecule has 0 atom stereocenters. The lowest BCUT2D eigenvalue weighted by atomic mass is 10.1. The van der Waals surface area contributed by atoms with Gasteiger partial charge in [0.05, 0.1) is 38.4 Å². The monoisotopic (exact) mass is 1610 g/mol. The zero-order valence-corrected chi connectivity index (χ0v) is 67.6. The van der Waals surface area contributed by atoms with Crippen LogP contribution < -0.4 is 48.0 Å². The lowest BCUT2D eigenvalue weighted by Crippen LogP contribution is -2.47. The number of piperazine rings is 4. The lowest BCUT2D eigenvalue weighted by molar-refractivity contribution is -0.138. The number of hydrogen-bond donors (Lipinski definition) is 3. The minimum Gasteiger partial charge on any atom is -0.497 e. The van der Waals surface area contributed by atoms with E-state index in [1.807, 2.05) is 85.1 Å². The van der Waals surface area contributed by atoms with Crippen molar-refractivity contribution in [3.8, 4) is 34.5 Å². The maximum atomic E-state index is 13.9. The van der Waals surface area contributed by atoms with Gasteiger partial charge in [-0.2, -0.15) is 0 Å². The molecule has 4 aliphatic rings. The number of methoxy groups -OCH3 is 2. The van der Waals surface area contributed by atoms with Crippen LogP contribution in [0.1, 0.15) is 101 Å². The smallest absolute Gasteiger partial charge is 0.303 e. The third kappa shape index (κ3) is 31.6. The van der Waals surface area contributed by atoms with Gasteiger partial charge in [0.15, 0.2) is 17.3 Å². The number of unbranched alkanes of at least 4 members (excludes halogenated alkanes) is 1. The quantitative estimate of drug-likeness (QED) is 0.0238. The van der Waals surface area contributed by atoms with Gasteiger partial charge in [0.25, 0.3) is 0 Å². The fourth-order valence-electron chi connectivity index (χ4n) is 13.7. The van der Waals surface area contributed by atoms with Crippen LogP contribution in [-0.2, 0) is 25.6 Å². The highest BCUT2D eigenvalue weighted by Crippen LogP contribution is 2.30. The predicted octanol–water partition coefficient (Wildman–Crippen LogP) is 12.5. The Morgan fingerprint density at radius 3 is 1.17 bits per heavy atom. The van der Waals surface area contributed by atoms with Crippen molar-refractivity contribution in [3.63, 3.8) is 0 Å². The Kier molecular flexibility index (Phi) is 37.3. The van der Waals surface area contributed by atoms with E-state index in [1.165, 1.54) is 29.9 Å². The van der Waals surface area contributed by atoms with Crippen molar-refractivity contribution < 1.29 is 81.7 Å². The van der Waals surface area contributed by atoms with E-state index in [0.717, 1.165) is 179 Å². The Balaban J connectivity index is 0.000000178. The number of carboxylic acids is 3. The minimum atomic E-state index is -0.979. The summed E-state index contributed by atoms with van der Waals surface area (Å²) in [6.07, 6.45) is 4.85. The number of aromatic nitrogens is 1. The van der Waals surface area contributed by atoms with Gasteiger partial charge in [0.1, 0.15) is 78.3 Å². The predicted molar refractivity (Wildman–Crippen MR) is 451 cm³/mol. The number of ketones is 4. The second-order valence-corrected chi connectivity index (χ2v) is 28.8. The molecule has 8 aromatic rings. The van der Waals surface area contributed by atoms with Crippen LogP contribution in [0.25, 0.3) is 0 Å².